The average Bonchev–Trinajstić information content (AvgIpc) is 2.97. The van der Waals surface area contributed by atoms with Crippen LogP contribution in [0.25, 0.3) is 0 Å². The van der Waals surface area contributed by atoms with Crippen LogP contribution in [-0.2, 0) is 6.42 Å². The number of carbonyl (C=O) groups excluding carboxylic acids is 2. The van der Waals surface area contributed by atoms with Crippen molar-refractivity contribution in [1.29, 1.82) is 0 Å². The third-order valence-corrected chi connectivity index (χ3v) is 7.50. The van der Waals surface area contributed by atoms with Gasteiger partial charge < -0.3 is 26.2 Å². The molecule has 3 aromatic carbocycles. The van der Waals surface area contributed by atoms with E-state index in [2.05, 4.69) is 5.32 Å². The van der Waals surface area contributed by atoms with Gasteiger partial charge in [-0.25, -0.2) is 8.78 Å². The molecule has 3 atom stereocenters. The number of rotatable bonds is 16. The number of hydrogen-bond donors (Lipinski definition) is 4. The summed E-state index contributed by atoms with van der Waals surface area (Å²) < 4.78 is 28.6. The van der Waals surface area contributed by atoms with Crippen LogP contribution in [0.5, 0.6) is 0 Å². The Morgan fingerprint density at radius 3 is 2.12 bits per heavy atom. The van der Waals surface area contributed by atoms with Crippen LogP contribution in [0.4, 0.5) is 8.78 Å². The zero-order chi connectivity index (χ0) is 31.5. The summed E-state index contributed by atoms with van der Waals surface area (Å²) in [7, 11) is 0. The molecule has 0 aromatic heterocycles. The molecule has 9 heteroatoms. The van der Waals surface area contributed by atoms with E-state index >= 15 is 0 Å². The summed E-state index contributed by atoms with van der Waals surface area (Å²) in [5.41, 5.74) is 8.21. The standard InChI is InChI=1S/C34H43F2N3O4/c1-4-12-39(13-5-2)34(43)29-16-22(3)15-28(33(37)42)32(29)27(19-23-17-25(35)20-26(36)18-23)31(41)21-38-30(11-14-40)24-9-7-6-8-10-24/h6-10,15-18,20,27,30-31,38,40-41H,4-5,11-14,19,21H2,1-3H3,(H2,37,42)/t27-,30?,31+/m1/s1. The third kappa shape index (κ3) is 9.16. The number of aliphatic hydroxyl groups is 2. The minimum Gasteiger partial charge on any atom is -0.396 e. The van der Waals surface area contributed by atoms with E-state index in [0.29, 0.717) is 25.1 Å². The van der Waals surface area contributed by atoms with E-state index < -0.39 is 29.6 Å². The first-order valence-electron chi connectivity index (χ1n) is 14.8. The lowest BCUT2D eigenvalue weighted by atomic mass is 9.80. The lowest BCUT2D eigenvalue weighted by molar-refractivity contribution is 0.0750. The van der Waals surface area contributed by atoms with Gasteiger partial charge in [0.05, 0.1) is 6.10 Å². The predicted molar refractivity (Wildman–Crippen MR) is 164 cm³/mol. The second-order valence-electron chi connectivity index (χ2n) is 11.0. The molecular weight excluding hydrogens is 552 g/mol. The fourth-order valence-corrected chi connectivity index (χ4v) is 5.62. The molecule has 2 amide bonds. The van der Waals surface area contributed by atoms with Gasteiger partial charge >= 0.3 is 0 Å². The highest BCUT2D eigenvalue weighted by Gasteiger charge is 2.32. The van der Waals surface area contributed by atoms with Crippen molar-refractivity contribution in [2.24, 2.45) is 5.73 Å². The minimum absolute atomic E-state index is 0.00459. The molecular formula is C34H43F2N3O4. The molecule has 5 N–H and O–H groups in total. The van der Waals surface area contributed by atoms with Gasteiger partial charge in [-0.15, -0.1) is 0 Å². The molecule has 7 nitrogen and oxygen atoms in total. The van der Waals surface area contributed by atoms with E-state index in [9.17, 15) is 28.6 Å². The lowest BCUT2D eigenvalue weighted by Crippen LogP contribution is -2.38. The van der Waals surface area contributed by atoms with E-state index in [1.54, 1.807) is 24.0 Å². The van der Waals surface area contributed by atoms with Gasteiger partial charge in [0.25, 0.3) is 5.91 Å². The SMILES string of the molecule is CCCN(CCC)C(=O)c1cc(C)cc(C(N)=O)c1[C@H](Cc1cc(F)cc(F)c1)[C@@H](O)CNC(CCO)c1ccccc1. The summed E-state index contributed by atoms with van der Waals surface area (Å²) in [5.74, 6) is -3.57. The van der Waals surface area contributed by atoms with E-state index in [4.69, 9.17) is 5.73 Å². The van der Waals surface area contributed by atoms with Crippen LogP contribution in [0.2, 0.25) is 0 Å². The normalized spacial score (nSPS) is 13.4. The van der Waals surface area contributed by atoms with E-state index in [1.165, 1.54) is 12.1 Å². The first kappa shape index (κ1) is 33.8. The van der Waals surface area contributed by atoms with Crippen molar-refractivity contribution >= 4 is 11.8 Å². The number of carbonyl (C=O) groups is 2. The molecule has 3 rings (SSSR count). The largest absolute Gasteiger partial charge is 0.396 e. The number of nitrogens with one attached hydrogen (secondary N) is 1. The summed E-state index contributed by atoms with van der Waals surface area (Å²) in [5, 5.41) is 24.8. The van der Waals surface area contributed by atoms with Gasteiger partial charge in [-0.3, -0.25) is 9.59 Å². The summed E-state index contributed by atoms with van der Waals surface area (Å²) in [6, 6.07) is 15.5. The van der Waals surface area contributed by atoms with Crippen LogP contribution in [0.1, 0.15) is 88.0 Å². The molecule has 0 aliphatic heterocycles. The van der Waals surface area contributed by atoms with Crippen molar-refractivity contribution < 1.29 is 28.6 Å². The Balaban J connectivity index is 2.15. The number of aliphatic hydroxyl groups excluding tert-OH is 2. The van der Waals surface area contributed by atoms with Gasteiger partial charge in [0, 0.05) is 55.4 Å². The molecule has 1 unspecified atom stereocenters. The third-order valence-electron chi connectivity index (χ3n) is 7.50. The number of benzene rings is 3. The van der Waals surface area contributed by atoms with Crippen molar-refractivity contribution in [2.75, 3.05) is 26.2 Å². The zero-order valence-corrected chi connectivity index (χ0v) is 25.2. The van der Waals surface area contributed by atoms with Crippen molar-refractivity contribution in [2.45, 2.75) is 64.5 Å². The first-order chi connectivity index (χ1) is 20.6. The van der Waals surface area contributed by atoms with Gasteiger partial charge in [-0.05, 0) is 79.1 Å². The lowest BCUT2D eigenvalue weighted by Gasteiger charge is -2.31. The Bertz CT molecular complexity index is 1340. The van der Waals surface area contributed by atoms with Crippen molar-refractivity contribution in [3.63, 3.8) is 0 Å². The van der Waals surface area contributed by atoms with E-state index in [0.717, 1.165) is 24.5 Å². The molecule has 0 aliphatic carbocycles. The molecule has 0 bridgehead atoms. The van der Waals surface area contributed by atoms with Gasteiger partial charge in [-0.1, -0.05) is 44.2 Å². The number of halogens is 2. The number of hydrogen-bond acceptors (Lipinski definition) is 5. The number of primary amides is 1. The molecule has 0 saturated carbocycles. The summed E-state index contributed by atoms with van der Waals surface area (Å²) in [6.07, 6.45) is 0.535. The first-order valence-corrected chi connectivity index (χ1v) is 14.8. The molecule has 0 radical (unpaired) electrons. The fourth-order valence-electron chi connectivity index (χ4n) is 5.62. The number of aryl methyl sites for hydroxylation is 1. The highest BCUT2D eigenvalue weighted by atomic mass is 19.1. The maximum atomic E-state index is 14.3. The highest BCUT2D eigenvalue weighted by molar-refractivity contribution is 6.02. The molecule has 0 spiro atoms. The second kappa shape index (κ2) is 16.3. The van der Waals surface area contributed by atoms with Crippen LogP contribution < -0.4 is 11.1 Å². The maximum absolute atomic E-state index is 14.3. The molecule has 3 aromatic rings. The molecule has 43 heavy (non-hydrogen) atoms. The van der Waals surface area contributed by atoms with E-state index in [-0.39, 0.29) is 53.8 Å². The minimum atomic E-state index is -1.21. The predicted octanol–water partition coefficient (Wildman–Crippen LogP) is 5.03. The molecule has 0 fully saturated rings. The van der Waals surface area contributed by atoms with Crippen molar-refractivity contribution in [3.8, 4) is 0 Å². The van der Waals surface area contributed by atoms with Crippen LogP contribution >= 0.6 is 0 Å². The zero-order valence-electron chi connectivity index (χ0n) is 25.2. The summed E-state index contributed by atoms with van der Waals surface area (Å²) in [6.45, 7) is 6.58. The average molecular weight is 596 g/mol. The number of nitrogens with zero attached hydrogens (tertiary/aromatic N) is 1. The fraction of sp³-hybridized carbons (Fsp3) is 0.412. The Kier molecular flexibility index (Phi) is 12.8. The van der Waals surface area contributed by atoms with Crippen LogP contribution in [0.3, 0.4) is 0 Å². The van der Waals surface area contributed by atoms with Crippen LogP contribution in [0, 0.1) is 18.6 Å². The second-order valence-corrected chi connectivity index (χ2v) is 11.0. The van der Waals surface area contributed by atoms with Crippen LogP contribution in [-0.4, -0.2) is 59.3 Å². The van der Waals surface area contributed by atoms with Crippen molar-refractivity contribution in [1.82, 2.24) is 10.2 Å². The maximum Gasteiger partial charge on any atom is 0.254 e. The van der Waals surface area contributed by atoms with E-state index in [1.807, 2.05) is 44.2 Å². The van der Waals surface area contributed by atoms with Gasteiger partial charge in [0.2, 0.25) is 5.91 Å². The van der Waals surface area contributed by atoms with Gasteiger partial charge in [0.15, 0.2) is 0 Å². The quantitative estimate of drug-likeness (QED) is 0.185. The monoisotopic (exact) mass is 595 g/mol. The van der Waals surface area contributed by atoms with Crippen molar-refractivity contribution in [3.05, 3.63) is 106 Å². The van der Waals surface area contributed by atoms with Gasteiger partial charge in [0.1, 0.15) is 11.6 Å². The Morgan fingerprint density at radius 2 is 1.56 bits per heavy atom. The molecule has 232 valence electrons. The number of nitrogens with two attached hydrogens (primary N) is 1. The smallest absolute Gasteiger partial charge is 0.254 e. The Morgan fingerprint density at radius 1 is 0.953 bits per heavy atom. The Hall–Kier alpha value is -3.66. The van der Waals surface area contributed by atoms with Gasteiger partial charge in [-0.2, -0.15) is 0 Å². The van der Waals surface area contributed by atoms with Crippen LogP contribution in [0.15, 0.2) is 60.7 Å². The highest BCUT2D eigenvalue weighted by Crippen LogP contribution is 2.33. The topological polar surface area (TPSA) is 116 Å². The number of amides is 2. The summed E-state index contributed by atoms with van der Waals surface area (Å²) in [4.78, 5) is 28.6. The molecule has 0 heterocycles. The Labute approximate surface area is 252 Å². The summed E-state index contributed by atoms with van der Waals surface area (Å²) >= 11 is 0. The molecule has 0 aliphatic rings. The molecule has 0 saturated heterocycles.